The van der Waals surface area contributed by atoms with Crippen molar-refractivity contribution in [3.63, 3.8) is 0 Å². The third kappa shape index (κ3) is 4.38. The van der Waals surface area contributed by atoms with E-state index in [-0.39, 0.29) is 11.7 Å². The van der Waals surface area contributed by atoms with E-state index in [2.05, 4.69) is 15.3 Å². The smallest absolute Gasteiger partial charge is 0.287 e. The van der Waals surface area contributed by atoms with Gasteiger partial charge in [-0.05, 0) is 54.1 Å². The number of nitrogens with two attached hydrogens (primary N) is 1. The van der Waals surface area contributed by atoms with Gasteiger partial charge in [-0.1, -0.05) is 29.8 Å². The normalized spacial score (nSPS) is 12.1. The third-order valence-electron chi connectivity index (χ3n) is 5.69. The second-order valence-corrected chi connectivity index (χ2v) is 8.46. The van der Waals surface area contributed by atoms with Gasteiger partial charge in [0.05, 0.1) is 17.9 Å². The second kappa shape index (κ2) is 9.03. The lowest BCUT2D eigenvalue weighted by molar-refractivity contribution is 0.0908. The number of benzene rings is 2. The van der Waals surface area contributed by atoms with Crippen LogP contribution in [0.25, 0.3) is 22.2 Å². The fourth-order valence-electron chi connectivity index (χ4n) is 3.96. The van der Waals surface area contributed by atoms with Crippen LogP contribution in [-0.2, 0) is 13.5 Å². The number of rotatable bonds is 6. The molecular formula is C26H22ClN5O2. The first-order chi connectivity index (χ1) is 16.5. The number of imidazole rings is 1. The molecule has 1 unspecified atom stereocenters. The zero-order valence-corrected chi connectivity index (χ0v) is 19.2. The van der Waals surface area contributed by atoms with Crippen LogP contribution in [0.1, 0.15) is 28.1 Å². The van der Waals surface area contributed by atoms with Crippen LogP contribution in [0, 0.1) is 0 Å². The number of pyridine rings is 1. The van der Waals surface area contributed by atoms with Crippen molar-refractivity contribution in [2.45, 2.75) is 12.5 Å². The van der Waals surface area contributed by atoms with Crippen molar-refractivity contribution in [1.82, 2.24) is 19.9 Å². The Bertz CT molecular complexity index is 1460. The lowest BCUT2D eigenvalue weighted by atomic mass is 10.1. The molecule has 34 heavy (non-hydrogen) atoms. The summed E-state index contributed by atoms with van der Waals surface area (Å²) < 4.78 is 7.73. The maximum Gasteiger partial charge on any atom is 0.287 e. The Morgan fingerprint density at radius 3 is 2.71 bits per heavy atom. The number of nitrogens with one attached hydrogen (secondary N) is 1. The zero-order valence-electron chi connectivity index (χ0n) is 18.4. The number of anilines is 1. The molecule has 3 N–H and O–H groups in total. The molecule has 1 atom stereocenters. The van der Waals surface area contributed by atoms with E-state index in [0.717, 1.165) is 22.3 Å². The number of hydrogen-bond donors (Lipinski definition) is 2. The summed E-state index contributed by atoms with van der Waals surface area (Å²) in [5.41, 5.74) is 9.85. The average molecular weight is 472 g/mol. The number of nitrogens with zero attached hydrogens (tertiary/aromatic N) is 3. The molecule has 170 valence electrons. The summed E-state index contributed by atoms with van der Waals surface area (Å²) in [6, 6.07) is 19.8. The Labute approximate surface area is 201 Å². The second-order valence-electron chi connectivity index (χ2n) is 8.03. The molecule has 0 aliphatic rings. The maximum absolute atomic E-state index is 13.2. The first kappa shape index (κ1) is 21.7. The Morgan fingerprint density at radius 1 is 1.12 bits per heavy atom. The van der Waals surface area contributed by atoms with Crippen LogP contribution in [0.4, 0.5) is 5.69 Å². The van der Waals surface area contributed by atoms with Gasteiger partial charge in [0.15, 0.2) is 5.76 Å². The fourth-order valence-corrected chi connectivity index (χ4v) is 4.14. The summed E-state index contributed by atoms with van der Waals surface area (Å²) in [4.78, 5) is 22.3. The van der Waals surface area contributed by atoms with Gasteiger partial charge in [0, 0.05) is 41.5 Å². The molecule has 0 saturated heterocycles. The average Bonchev–Trinajstić information content (AvgIpc) is 3.43. The summed E-state index contributed by atoms with van der Waals surface area (Å²) >= 11 is 6.07. The molecule has 2 aromatic carbocycles. The number of nitrogen functional groups attached to an aromatic ring is 1. The van der Waals surface area contributed by atoms with E-state index in [1.807, 2.05) is 54.1 Å². The Kier molecular flexibility index (Phi) is 5.77. The number of amides is 1. The molecular weight excluding hydrogens is 450 g/mol. The standard InChI is InChI=1S/C26H22ClN5O2/c1-32-22(16-5-8-19(28)9-6-16)15-30-25(32)21(14-20-4-2-3-11-29-20)31-26(33)24-13-17-12-18(27)7-10-23(17)34-24/h2-13,15,21H,14,28H2,1H3,(H,31,33). The topological polar surface area (TPSA) is 99.0 Å². The summed E-state index contributed by atoms with van der Waals surface area (Å²) in [6.07, 6.45) is 3.99. The van der Waals surface area contributed by atoms with Crippen molar-refractivity contribution in [2.24, 2.45) is 7.05 Å². The van der Waals surface area contributed by atoms with Crippen molar-refractivity contribution in [1.29, 1.82) is 0 Å². The first-order valence-corrected chi connectivity index (χ1v) is 11.1. The van der Waals surface area contributed by atoms with Crippen molar-refractivity contribution >= 4 is 34.2 Å². The summed E-state index contributed by atoms with van der Waals surface area (Å²) in [5, 5.41) is 4.42. The molecule has 0 radical (unpaired) electrons. The third-order valence-corrected chi connectivity index (χ3v) is 5.92. The van der Waals surface area contributed by atoms with Gasteiger partial charge in [0.2, 0.25) is 0 Å². The van der Waals surface area contributed by atoms with Crippen molar-refractivity contribution in [2.75, 3.05) is 5.73 Å². The number of hydrogen-bond acceptors (Lipinski definition) is 5. The lowest BCUT2D eigenvalue weighted by Crippen LogP contribution is -2.31. The van der Waals surface area contributed by atoms with E-state index in [9.17, 15) is 4.79 Å². The lowest BCUT2D eigenvalue weighted by Gasteiger charge is -2.18. The van der Waals surface area contributed by atoms with Gasteiger partial charge in [-0.2, -0.15) is 0 Å². The predicted octanol–water partition coefficient (Wildman–Crippen LogP) is 5.18. The predicted molar refractivity (Wildman–Crippen MR) is 132 cm³/mol. The molecule has 0 fully saturated rings. The fraction of sp³-hybridized carbons (Fsp3) is 0.115. The van der Waals surface area contributed by atoms with E-state index in [0.29, 0.717) is 28.5 Å². The molecule has 8 heteroatoms. The molecule has 3 aromatic heterocycles. The highest BCUT2D eigenvalue weighted by Gasteiger charge is 2.24. The summed E-state index contributed by atoms with van der Waals surface area (Å²) in [7, 11) is 1.93. The van der Waals surface area contributed by atoms with Gasteiger partial charge in [-0.15, -0.1) is 0 Å². The van der Waals surface area contributed by atoms with Crippen LogP contribution < -0.4 is 11.1 Å². The van der Waals surface area contributed by atoms with Gasteiger partial charge < -0.3 is 20.0 Å². The number of aromatic nitrogens is 3. The number of carbonyl (C=O) groups excluding carboxylic acids is 1. The van der Waals surface area contributed by atoms with Crippen molar-refractivity contribution < 1.29 is 9.21 Å². The SMILES string of the molecule is Cn1c(-c2ccc(N)cc2)cnc1C(Cc1ccccn1)NC(=O)c1cc2cc(Cl)ccc2o1. The maximum atomic E-state index is 13.2. The number of carbonyl (C=O) groups is 1. The Balaban J connectivity index is 1.48. The Hall–Kier alpha value is -4.10. The summed E-state index contributed by atoms with van der Waals surface area (Å²) in [5.74, 6) is 0.562. The highest BCUT2D eigenvalue weighted by molar-refractivity contribution is 6.31. The minimum absolute atomic E-state index is 0.205. The number of furan rings is 1. The van der Waals surface area contributed by atoms with Gasteiger partial charge in [0.25, 0.3) is 5.91 Å². The molecule has 5 aromatic rings. The van der Waals surface area contributed by atoms with Crippen LogP contribution in [0.2, 0.25) is 5.02 Å². The van der Waals surface area contributed by atoms with Crippen LogP contribution in [0.15, 0.2) is 83.5 Å². The van der Waals surface area contributed by atoms with E-state index < -0.39 is 6.04 Å². The van der Waals surface area contributed by atoms with E-state index in [4.69, 9.17) is 21.8 Å². The number of fused-ring (bicyclic) bond motifs is 1. The van der Waals surface area contributed by atoms with Crippen LogP contribution in [0.3, 0.4) is 0 Å². The van der Waals surface area contributed by atoms with Gasteiger partial charge in [-0.25, -0.2) is 4.98 Å². The Morgan fingerprint density at radius 2 is 1.94 bits per heavy atom. The zero-order chi connectivity index (χ0) is 23.7. The van der Waals surface area contributed by atoms with Crippen LogP contribution in [-0.4, -0.2) is 20.4 Å². The number of halogens is 1. The van der Waals surface area contributed by atoms with Gasteiger partial charge in [0.1, 0.15) is 11.4 Å². The van der Waals surface area contributed by atoms with E-state index >= 15 is 0 Å². The molecule has 0 aliphatic carbocycles. The van der Waals surface area contributed by atoms with Crippen LogP contribution in [0.5, 0.6) is 0 Å². The van der Waals surface area contributed by atoms with Gasteiger partial charge >= 0.3 is 0 Å². The first-order valence-electron chi connectivity index (χ1n) is 10.8. The minimum atomic E-state index is -0.438. The van der Waals surface area contributed by atoms with Crippen molar-refractivity contribution in [3.05, 3.63) is 101 Å². The monoisotopic (exact) mass is 471 g/mol. The quantitative estimate of drug-likeness (QED) is 0.332. The molecule has 0 bridgehead atoms. The molecule has 1 amide bonds. The molecule has 0 spiro atoms. The molecule has 7 nitrogen and oxygen atoms in total. The van der Waals surface area contributed by atoms with Crippen molar-refractivity contribution in [3.8, 4) is 11.3 Å². The largest absolute Gasteiger partial charge is 0.451 e. The molecule has 0 aliphatic heterocycles. The van der Waals surface area contributed by atoms with Gasteiger partial charge in [-0.3, -0.25) is 9.78 Å². The molecule has 0 saturated carbocycles. The van der Waals surface area contributed by atoms with E-state index in [1.165, 1.54) is 0 Å². The molecule has 5 rings (SSSR count). The van der Waals surface area contributed by atoms with Crippen LogP contribution >= 0.6 is 11.6 Å². The van der Waals surface area contributed by atoms with E-state index in [1.54, 1.807) is 36.7 Å². The highest BCUT2D eigenvalue weighted by atomic mass is 35.5. The minimum Gasteiger partial charge on any atom is -0.451 e. The highest BCUT2D eigenvalue weighted by Crippen LogP contribution is 2.27. The summed E-state index contributed by atoms with van der Waals surface area (Å²) in [6.45, 7) is 0. The molecule has 3 heterocycles.